The van der Waals surface area contributed by atoms with Gasteiger partial charge in [0.2, 0.25) is 5.91 Å². The topological polar surface area (TPSA) is 73.6 Å². The second kappa shape index (κ2) is 10.1. The molecule has 1 N–H and O–H groups in total. The number of nitrogens with one attached hydrogen (secondary N) is 1. The van der Waals surface area contributed by atoms with Gasteiger partial charge in [-0.3, -0.25) is 9.78 Å². The molecule has 5 rings (SSSR count). The summed E-state index contributed by atoms with van der Waals surface area (Å²) in [7, 11) is 0. The molecule has 0 radical (unpaired) electrons. The van der Waals surface area contributed by atoms with E-state index in [1.807, 2.05) is 60.7 Å². The van der Waals surface area contributed by atoms with Crippen LogP contribution < -0.4 is 14.8 Å². The van der Waals surface area contributed by atoms with Gasteiger partial charge in [0.15, 0.2) is 11.3 Å². The fourth-order valence-corrected chi connectivity index (χ4v) is 3.74. The minimum atomic E-state index is -0.215. The van der Waals surface area contributed by atoms with Crippen molar-refractivity contribution in [3.8, 4) is 28.6 Å². The Bertz CT molecular complexity index is 1430. The lowest BCUT2D eigenvalue weighted by Gasteiger charge is -2.10. The van der Waals surface area contributed by atoms with Crippen LogP contribution in [0, 0.1) is 0 Å². The third-order valence-electron chi connectivity index (χ3n) is 5.49. The summed E-state index contributed by atoms with van der Waals surface area (Å²) < 4.78 is 18.2. The SMILES string of the molecule is C=CC(=O)NCc1cccc(-c2cc3nccc(Oc4ccc(OC5=CCCC=C5)cc4)c3o2)c1. The fraction of sp³-hybridized carbons (Fsp3) is 0.103. The Hall–Kier alpha value is -4.58. The summed E-state index contributed by atoms with van der Waals surface area (Å²) in [6.07, 6.45) is 11.2. The number of nitrogens with zero attached hydrogens (tertiary/aromatic N) is 1. The van der Waals surface area contributed by atoms with E-state index in [0.717, 1.165) is 35.5 Å². The van der Waals surface area contributed by atoms with Crippen LogP contribution in [-0.2, 0) is 11.3 Å². The van der Waals surface area contributed by atoms with Crippen LogP contribution in [0.2, 0.25) is 0 Å². The highest BCUT2D eigenvalue weighted by molar-refractivity contribution is 5.87. The first-order valence-electron chi connectivity index (χ1n) is 11.4. The minimum absolute atomic E-state index is 0.215. The highest BCUT2D eigenvalue weighted by Gasteiger charge is 2.13. The van der Waals surface area contributed by atoms with E-state index in [1.54, 1.807) is 12.3 Å². The molecule has 0 spiro atoms. The van der Waals surface area contributed by atoms with Gasteiger partial charge in [-0.15, -0.1) is 0 Å². The first-order valence-corrected chi connectivity index (χ1v) is 11.4. The van der Waals surface area contributed by atoms with E-state index in [-0.39, 0.29) is 5.91 Å². The number of fused-ring (bicyclic) bond motifs is 1. The zero-order valence-electron chi connectivity index (χ0n) is 19.1. The molecule has 1 aliphatic rings. The molecule has 0 fully saturated rings. The molecule has 4 aromatic rings. The summed E-state index contributed by atoms with van der Waals surface area (Å²) >= 11 is 0. The summed E-state index contributed by atoms with van der Waals surface area (Å²) in [5, 5.41) is 2.78. The van der Waals surface area contributed by atoms with Gasteiger partial charge in [-0.25, -0.2) is 0 Å². The van der Waals surface area contributed by atoms with Gasteiger partial charge in [0.05, 0.1) is 0 Å². The summed E-state index contributed by atoms with van der Waals surface area (Å²) in [5.41, 5.74) is 3.08. The van der Waals surface area contributed by atoms with Gasteiger partial charge in [-0.1, -0.05) is 30.9 Å². The summed E-state index contributed by atoms with van der Waals surface area (Å²) in [5.74, 6) is 3.29. The predicted octanol–water partition coefficient (Wildman–Crippen LogP) is 6.70. The molecule has 0 aliphatic heterocycles. The van der Waals surface area contributed by atoms with Crippen molar-refractivity contribution >= 4 is 17.0 Å². The van der Waals surface area contributed by atoms with Crippen LogP contribution in [0.4, 0.5) is 0 Å². The summed E-state index contributed by atoms with van der Waals surface area (Å²) in [6, 6.07) is 18.9. The second-order valence-electron chi connectivity index (χ2n) is 8.02. The molecule has 2 aromatic heterocycles. The summed E-state index contributed by atoms with van der Waals surface area (Å²) in [4.78, 5) is 15.9. The molecule has 6 nitrogen and oxygen atoms in total. The van der Waals surface area contributed by atoms with Crippen molar-refractivity contribution in [1.82, 2.24) is 10.3 Å². The van der Waals surface area contributed by atoms with Crippen molar-refractivity contribution in [3.63, 3.8) is 0 Å². The lowest BCUT2D eigenvalue weighted by atomic mass is 10.1. The van der Waals surface area contributed by atoms with Gasteiger partial charge in [-0.2, -0.15) is 0 Å². The number of allylic oxidation sites excluding steroid dienone is 3. The standard InChI is InChI=1S/C29H24N2O4/c1-2-28(32)31-19-20-7-6-8-21(17-20)27-18-25-29(35-27)26(15-16-30-25)34-24-13-11-23(12-14-24)33-22-9-4-3-5-10-22/h2,4,6-18H,1,3,5,19H2,(H,31,32). The Morgan fingerprint density at radius 2 is 1.89 bits per heavy atom. The Morgan fingerprint density at radius 1 is 1.06 bits per heavy atom. The number of ether oxygens (including phenoxy) is 2. The normalized spacial score (nSPS) is 12.7. The maximum absolute atomic E-state index is 11.5. The quantitative estimate of drug-likeness (QED) is 0.294. The minimum Gasteiger partial charge on any atom is -0.458 e. The van der Waals surface area contributed by atoms with Crippen molar-refractivity contribution in [1.29, 1.82) is 0 Å². The maximum Gasteiger partial charge on any atom is 0.243 e. The smallest absolute Gasteiger partial charge is 0.243 e. The van der Waals surface area contributed by atoms with Crippen molar-refractivity contribution in [3.05, 3.63) is 109 Å². The van der Waals surface area contributed by atoms with Crippen LogP contribution in [0.3, 0.4) is 0 Å². The molecule has 174 valence electrons. The Balaban J connectivity index is 1.34. The number of carbonyl (C=O) groups excluding carboxylic acids is 1. The molecule has 1 amide bonds. The van der Waals surface area contributed by atoms with Crippen LogP contribution in [0.25, 0.3) is 22.4 Å². The first-order chi connectivity index (χ1) is 17.2. The van der Waals surface area contributed by atoms with Gasteiger partial charge < -0.3 is 19.2 Å². The molecule has 35 heavy (non-hydrogen) atoms. The molecule has 0 bridgehead atoms. The molecule has 2 heterocycles. The number of amides is 1. The monoisotopic (exact) mass is 464 g/mol. The zero-order valence-corrected chi connectivity index (χ0v) is 19.1. The average Bonchev–Trinajstić information content (AvgIpc) is 3.35. The third-order valence-corrected chi connectivity index (χ3v) is 5.49. The van der Waals surface area contributed by atoms with Gasteiger partial charge in [0.25, 0.3) is 0 Å². The first kappa shape index (κ1) is 22.2. The highest BCUT2D eigenvalue weighted by Crippen LogP contribution is 2.35. The largest absolute Gasteiger partial charge is 0.458 e. The van der Waals surface area contributed by atoms with Crippen molar-refractivity contribution in [2.75, 3.05) is 0 Å². The number of hydrogen-bond acceptors (Lipinski definition) is 5. The fourth-order valence-electron chi connectivity index (χ4n) is 3.74. The lowest BCUT2D eigenvalue weighted by Crippen LogP contribution is -2.19. The molecular formula is C29H24N2O4. The van der Waals surface area contributed by atoms with E-state index in [0.29, 0.717) is 34.9 Å². The number of carbonyl (C=O) groups is 1. The van der Waals surface area contributed by atoms with Gasteiger partial charge in [0, 0.05) is 30.4 Å². The number of benzene rings is 2. The average molecular weight is 465 g/mol. The van der Waals surface area contributed by atoms with Crippen LogP contribution in [0.15, 0.2) is 108 Å². The highest BCUT2D eigenvalue weighted by atomic mass is 16.5. The van der Waals surface area contributed by atoms with Crippen LogP contribution >= 0.6 is 0 Å². The molecule has 0 unspecified atom stereocenters. The molecule has 1 aliphatic carbocycles. The van der Waals surface area contributed by atoms with Crippen LogP contribution in [-0.4, -0.2) is 10.9 Å². The Morgan fingerprint density at radius 3 is 2.66 bits per heavy atom. The Labute approximate surface area is 203 Å². The van der Waals surface area contributed by atoms with Crippen molar-refractivity contribution < 1.29 is 18.7 Å². The third kappa shape index (κ3) is 5.33. The van der Waals surface area contributed by atoms with E-state index in [2.05, 4.69) is 29.0 Å². The van der Waals surface area contributed by atoms with E-state index >= 15 is 0 Å². The Kier molecular flexibility index (Phi) is 6.44. The van der Waals surface area contributed by atoms with Gasteiger partial charge >= 0.3 is 0 Å². The number of rotatable bonds is 8. The van der Waals surface area contributed by atoms with Crippen molar-refractivity contribution in [2.45, 2.75) is 19.4 Å². The molecule has 0 saturated carbocycles. The molecule has 6 heteroatoms. The van der Waals surface area contributed by atoms with Gasteiger partial charge in [-0.05, 0) is 67.0 Å². The van der Waals surface area contributed by atoms with Gasteiger partial charge in [0.1, 0.15) is 28.5 Å². The number of hydrogen-bond donors (Lipinski definition) is 1. The maximum atomic E-state index is 11.5. The predicted molar refractivity (Wildman–Crippen MR) is 135 cm³/mol. The molecule has 0 atom stereocenters. The zero-order chi connectivity index (χ0) is 24.0. The van der Waals surface area contributed by atoms with E-state index < -0.39 is 0 Å². The van der Waals surface area contributed by atoms with Crippen LogP contribution in [0.5, 0.6) is 17.2 Å². The molecule has 2 aromatic carbocycles. The number of pyridine rings is 1. The van der Waals surface area contributed by atoms with Crippen molar-refractivity contribution in [2.24, 2.45) is 0 Å². The number of aromatic nitrogens is 1. The second-order valence-corrected chi connectivity index (χ2v) is 8.02. The van der Waals surface area contributed by atoms with Crippen LogP contribution in [0.1, 0.15) is 18.4 Å². The van der Waals surface area contributed by atoms with E-state index in [4.69, 9.17) is 13.9 Å². The lowest BCUT2D eigenvalue weighted by molar-refractivity contribution is -0.116. The molecular weight excluding hydrogens is 440 g/mol. The van der Waals surface area contributed by atoms with E-state index in [1.165, 1.54) is 6.08 Å². The van der Waals surface area contributed by atoms with E-state index in [9.17, 15) is 4.79 Å². The number of furan rings is 1. The summed E-state index contributed by atoms with van der Waals surface area (Å²) in [6.45, 7) is 3.87. The molecule has 0 saturated heterocycles.